The van der Waals surface area contributed by atoms with E-state index >= 15 is 0 Å². The standard InChI is InChI=1S/C20H18FN2/c1-12-10-18(13(2)14(3)19(12)21)20-17-7-6-16(22-4)11-15(17)8-9-23(20)5/h6-11H,1-3,5H3/q+1. The van der Waals surface area contributed by atoms with Crippen LogP contribution in [0.15, 0.2) is 36.5 Å². The molecule has 0 radical (unpaired) electrons. The van der Waals surface area contributed by atoms with Crippen molar-refractivity contribution >= 4 is 16.5 Å². The topological polar surface area (TPSA) is 8.24 Å². The second-order valence-corrected chi connectivity index (χ2v) is 5.96. The van der Waals surface area contributed by atoms with Crippen molar-refractivity contribution in [1.29, 1.82) is 0 Å². The molecule has 0 saturated heterocycles. The molecule has 3 rings (SSSR count). The van der Waals surface area contributed by atoms with E-state index in [9.17, 15) is 4.39 Å². The van der Waals surface area contributed by atoms with Gasteiger partial charge in [-0.25, -0.2) is 13.8 Å². The SMILES string of the molecule is [C-]#[N+]c1ccc2c(-c3cc(C)c(F)c(C)c3C)[n+](C)ccc2c1. The highest BCUT2D eigenvalue weighted by Crippen LogP contribution is 2.33. The zero-order valence-corrected chi connectivity index (χ0v) is 13.7. The quantitative estimate of drug-likeness (QED) is 0.444. The monoisotopic (exact) mass is 305 g/mol. The zero-order valence-electron chi connectivity index (χ0n) is 13.7. The van der Waals surface area contributed by atoms with Crippen LogP contribution in [0.2, 0.25) is 0 Å². The van der Waals surface area contributed by atoms with Crippen LogP contribution in [0.25, 0.3) is 26.9 Å². The van der Waals surface area contributed by atoms with Gasteiger partial charge in [0.15, 0.2) is 11.9 Å². The molecule has 0 spiro atoms. The molecule has 23 heavy (non-hydrogen) atoms. The molecule has 0 unspecified atom stereocenters. The average Bonchev–Trinajstić information content (AvgIpc) is 2.56. The summed E-state index contributed by atoms with van der Waals surface area (Å²) in [5, 5.41) is 2.08. The lowest BCUT2D eigenvalue weighted by molar-refractivity contribution is -0.659. The molecule has 2 aromatic carbocycles. The minimum Gasteiger partial charge on any atom is -0.238 e. The Morgan fingerprint density at radius 2 is 1.78 bits per heavy atom. The predicted octanol–water partition coefficient (Wildman–Crippen LogP) is 4.95. The van der Waals surface area contributed by atoms with E-state index in [1.165, 1.54) is 0 Å². The molecule has 3 aromatic rings. The van der Waals surface area contributed by atoms with Gasteiger partial charge in [0, 0.05) is 6.07 Å². The first-order valence-corrected chi connectivity index (χ1v) is 7.50. The number of hydrogen-bond acceptors (Lipinski definition) is 0. The molecular weight excluding hydrogens is 287 g/mol. The van der Waals surface area contributed by atoms with E-state index in [0.29, 0.717) is 16.8 Å². The highest BCUT2D eigenvalue weighted by Gasteiger charge is 2.20. The van der Waals surface area contributed by atoms with Crippen molar-refractivity contribution < 1.29 is 8.96 Å². The molecule has 3 heteroatoms. The van der Waals surface area contributed by atoms with E-state index in [4.69, 9.17) is 6.57 Å². The summed E-state index contributed by atoms with van der Waals surface area (Å²) in [4.78, 5) is 3.50. The smallest absolute Gasteiger partial charge is 0.220 e. The molecule has 0 amide bonds. The Balaban J connectivity index is 2.41. The summed E-state index contributed by atoms with van der Waals surface area (Å²) in [6.45, 7) is 12.8. The number of fused-ring (bicyclic) bond motifs is 1. The minimum atomic E-state index is -0.135. The second-order valence-electron chi connectivity index (χ2n) is 5.96. The second kappa shape index (κ2) is 5.48. The van der Waals surface area contributed by atoms with Crippen LogP contribution in [-0.2, 0) is 7.05 Å². The molecule has 1 aromatic heterocycles. The Kier molecular flexibility index (Phi) is 3.61. The maximum absolute atomic E-state index is 14.2. The van der Waals surface area contributed by atoms with Gasteiger partial charge in [0.2, 0.25) is 5.69 Å². The van der Waals surface area contributed by atoms with E-state index < -0.39 is 0 Å². The van der Waals surface area contributed by atoms with Crippen molar-refractivity contribution in [3.05, 3.63) is 70.5 Å². The molecule has 0 saturated carbocycles. The lowest BCUT2D eigenvalue weighted by Gasteiger charge is -2.12. The number of halogens is 1. The predicted molar refractivity (Wildman–Crippen MR) is 91.0 cm³/mol. The molecule has 0 aliphatic rings. The van der Waals surface area contributed by atoms with E-state index in [1.54, 1.807) is 6.92 Å². The van der Waals surface area contributed by atoms with Gasteiger partial charge in [0.1, 0.15) is 12.9 Å². The number of benzene rings is 2. The van der Waals surface area contributed by atoms with Crippen LogP contribution >= 0.6 is 0 Å². The van der Waals surface area contributed by atoms with Crippen molar-refractivity contribution in [2.24, 2.45) is 7.05 Å². The first-order valence-electron chi connectivity index (χ1n) is 7.50. The van der Waals surface area contributed by atoms with Crippen molar-refractivity contribution in [2.75, 3.05) is 0 Å². The van der Waals surface area contributed by atoms with E-state index in [1.807, 2.05) is 57.4 Å². The van der Waals surface area contributed by atoms with Gasteiger partial charge < -0.3 is 0 Å². The number of hydrogen-bond donors (Lipinski definition) is 0. The Morgan fingerprint density at radius 1 is 1.04 bits per heavy atom. The van der Waals surface area contributed by atoms with Gasteiger partial charge in [-0.05, 0) is 55.0 Å². The summed E-state index contributed by atoms with van der Waals surface area (Å²) in [6.07, 6.45) is 1.98. The summed E-state index contributed by atoms with van der Waals surface area (Å²) in [5.74, 6) is -0.135. The largest absolute Gasteiger partial charge is 0.238 e. The number of aromatic nitrogens is 1. The normalized spacial score (nSPS) is 10.8. The molecular formula is C20H18FN2+. The van der Waals surface area contributed by atoms with E-state index in [0.717, 1.165) is 27.6 Å². The van der Waals surface area contributed by atoms with Gasteiger partial charge in [0.05, 0.1) is 17.5 Å². The van der Waals surface area contributed by atoms with Crippen LogP contribution < -0.4 is 4.57 Å². The van der Waals surface area contributed by atoms with Crippen molar-refractivity contribution in [3.8, 4) is 11.3 Å². The van der Waals surface area contributed by atoms with Crippen LogP contribution in [0, 0.1) is 33.2 Å². The van der Waals surface area contributed by atoms with Crippen LogP contribution in [0.1, 0.15) is 16.7 Å². The maximum Gasteiger partial charge on any atom is 0.220 e. The Morgan fingerprint density at radius 3 is 2.48 bits per heavy atom. The zero-order chi connectivity index (χ0) is 16.7. The Bertz CT molecular complexity index is 981. The number of nitrogens with zero attached hydrogens (tertiary/aromatic N) is 2. The molecule has 114 valence electrons. The third kappa shape index (κ3) is 2.37. The van der Waals surface area contributed by atoms with Crippen LogP contribution in [0.5, 0.6) is 0 Å². The molecule has 0 atom stereocenters. The fraction of sp³-hybridized carbons (Fsp3) is 0.200. The first kappa shape index (κ1) is 15.2. The van der Waals surface area contributed by atoms with Gasteiger partial charge in [-0.15, -0.1) is 0 Å². The van der Waals surface area contributed by atoms with Gasteiger partial charge in [-0.3, -0.25) is 0 Å². The van der Waals surface area contributed by atoms with Crippen LogP contribution in [0.4, 0.5) is 10.1 Å². The third-order valence-electron chi connectivity index (χ3n) is 4.51. The van der Waals surface area contributed by atoms with Crippen LogP contribution in [0.3, 0.4) is 0 Å². The molecule has 0 aliphatic heterocycles. The molecule has 2 nitrogen and oxygen atoms in total. The Hall–Kier alpha value is -2.73. The van der Waals surface area contributed by atoms with E-state index in [2.05, 4.69) is 9.41 Å². The fourth-order valence-electron chi connectivity index (χ4n) is 3.06. The number of aryl methyl sites for hydroxylation is 2. The van der Waals surface area contributed by atoms with Crippen LogP contribution in [-0.4, -0.2) is 0 Å². The summed E-state index contributed by atoms with van der Waals surface area (Å²) < 4.78 is 16.2. The highest BCUT2D eigenvalue weighted by molar-refractivity contribution is 5.95. The summed E-state index contributed by atoms with van der Waals surface area (Å²) in [6, 6.07) is 9.62. The average molecular weight is 305 g/mol. The summed E-state index contributed by atoms with van der Waals surface area (Å²) in [5.41, 5.74) is 4.99. The first-order chi connectivity index (χ1) is 10.9. The maximum atomic E-state index is 14.2. The minimum absolute atomic E-state index is 0.135. The molecule has 0 fully saturated rings. The number of rotatable bonds is 1. The third-order valence-corrected chi connectivity index (χ3v) is 4.51. The van der Waals surface area contributed by atoms with E-state index in [-0.39, 0.29) is 5.82 Å². The summed E-state index contributed by atoms with van der Waals surface area (Å²) in [7, 11) is 1.99. The molecule has 1 heterocycles. The van der Waals surface area contributed by atoms with Crippen molar-refractivity contribution in [2.45, 2.75) is 20.8 Å². The summed E-state index contributed by atoms with van der Waals surface area (Å²) >= 11 is 0. The van der Waals surface area contributed by atoms with Gasteiger partial charge >= 0.3 is 0 Å². The lowest BCUT2D eigenvalue weighted by atomic mass is 9.94. The highest BCUT2D eigenvalue weighted by atomic mass is 19.1. The molecule has 0 aliphatic carbocycles. The molecule has 0 N–H and O–H groups in total. The molecule has 0 bridgehead atoms. The number of pyridine rings is 1. The fourth-order valence-corrected chi connectivity index (χ4v) is 3.06. The van der Waals surface area contributed by atoms with Crippen molar-refractivity contribution in [1.82, 2.24) is 0 Å². The Labute approximate surface area is 135 Å². The van der Waals surface area contributed by atoms with Gasteiger partial charge in [-0.1, -0.05) is 12.1 Å². The van der Waals surface area contributed by atoms with Crippen molar-refractivity contribution in [3.63, 3.8) is 0 Å². The lowest BCUT2D eigenvalue weighted by Crippen LogP contribution is -2.30. The van der Waals surface area contributed by atoms with Gasteiger partial charge in [-0.2, -0.15) is 0 Å². The van der Waals surface area contributed by atoms with Gasteiger partial charge in [0.25, 0.3) is 0 Å².